The maximum absolute atomic E-state index is 13.5. The van der Waals surface area contributed by atoms with Gasteiger partial charge >= 0.3 is 0 Å². The van der Waals surface area contributed by atoms with E-state index in [-0.39, 0.29) is 11.9 Å². The summed E-state index contributed by atoms with van der Waals surface area (Å²) in [6, 6.07) is 30.0. The van der Waals surface area contributed by atoms with Gasteiger partial charge in [0.25, 0.3) is 5.91 Å². The van der Waals surface area contributed by atoms with E-state index in [9.17, 15) is 4.79 Å². The molecule has 0 spiro atoms. The highest BCUT2D eigenvalue weighted by Crippen LogP contribution is 2.35. The number of carbonyl (C=O) groups excluding carboxylic acids is 1. The number of fused-ring (bicyclic) bond motifs is 2. The van der Waals surface area contributed by atoms with Crippen molar-refractivity contribution in [1.82, 2.24) is 0 Å². The lowest BCUT2D eigenvalue weighted by molar-refractivity contribution is -0.127. The smallest absolute Gasteiger partial charge is 0.268 e. The molecule has 4 N–H and O–H groups in total. The van der Waals surface area contributed by atoms with Crippen molar-refractivity contribution in [2.24, 2.45) is 16.5 Å². The number of hydrogen-bond acceptors (Lipinski definition) is 4. The molecular formula is C30H30N4O3. The normalized spacial score (nSPS) is 14.6. The number of guanidine groups is 1. The molecule has 0 saturated carbocycles. The number of carbonyl (C=O) groups is 1. The second kappa shape index (κ2) is 11.0. The van der Waals surface area contributed by atoms with E-state index in [1.807, 2.05) is 65.6 Å². The Kier molecular flexibility index (Phi) is 7.21. The number of ether oxygens (including phenoxy) is 2. The molecule has 37 heavy (non-hydrogen) atoms. The first-order chi connectivity index (χ1) is 18.1. The van der Waals surface area contributed by atoms with Gasteiger partial charge in [-0.2, -0.15) is 0 Å². The molecule has 1 atom stereocenters. The van der Waals surface area contributed by atoms with Gasteiger partial charge in [-0.1, -0.05) is 60.7 Å². The molecule has 1 aliphatic rings. The van der Waals surface area contributed by atoms with Crippen LogP contribution in [0, 0.1) is 0 Å². The van der Waals surface area contributed by atoms with E-state index in [0.29, 0.717) is 31.9 Å². The van der Waals surface area contributed by atoms with Gasteiger partial charge in [-0.15, -0.1) is 0 Å². The molecule has 4 aromatic carbocycles. The molecule has 7 heteroatoms. The number of amides is 1. The third-order valence-electron chi connectivity index (χ3n) is 6.39. The van der Waals surface area contributed by atoms with Gasteiger partial charge < -0.3 is 25.8 Å². The Morgan fingerprint density at radius 3 is 2.43 bits per heavy atom. The van der Waals surface area contributed by atoms with Gasteiger partial charge in [0.15, 0.2) is 12.1 Å². The zero-order valence-corrected chi connectivity index (χ0v) is 20.5. The molecule has 1 heterocycles. The second-order valence-electron chi connectivity index (χ2n) is 9.02. The number of rotatable bonds is 9. The molecule has 188 valence electrons. The van der Waals surface area contributed by atoms with E-state index in [1.54, 1.807) is 0 Å². The van der Waals surface area contributed by atoms with Gasteiger partial charge in [0.05, 0.1) is 18.8 Å². The second-order valence-corrected chi connectivity index (χ2v) is 9.02. The maximum Gasteiger partial charge on any atom is 0.268 e. The Balaban J connectivity index is 1.24. The van der Waals surface area contributed by atoms with Crippen molar-refractivity contribution in [2.45, 2.75) is 25.5 Å². The molecular weight excluding hydrogens is 464 g/mol. The van der Waals surface area contributed by atoms with Crippen molar-refractivity contribution >= 4 is 28.3 Å². The van der Waals surface area contributed by atoms with Crippen molar-refractivity contribution in [3.8, 4) is 11.5 Å². The van der Waals surface area contributed by atoms with Crippen molar-refractivity contribution < 1.29 is 14.3 Å². The monoisotopic (exact) mass is 494 g/mol. The molecule has 1 aliphatic heterocycles. The number of anilines is 1. The quantitative estimate of drug-likeness (QED) is 0.265. The summed E-state index contributed by atoms with van der Waals surface area (Å²) in [5.41, 5.74) is 13.7. The van der Waals surface area contributed by atoms with E-state index in [1.165, 1.54) is 5.39 Å². The standard InChI is InChI=1S/C30H30N4O3/c31-30(32)33-17-15-21-10-13-25(14-11-21)36-18-16-28-29(35)34(26-7-3-4-8-27(26)37-28)20-22-9-12-23-5-1-2-6-24(23)19-22/h1-14,19,28H,15-18,20H2,(H4,31,32,33). The van der Waals surface area contributed by atoms with Crippen LogP contribution in [0.1, 0.15) is 17.5 Å². The average molecular weight is 495 g/mol. The van der Waals surface area contributed by atoms with Crippen molar-refractivity contribution in [1.29, 1.82) is 0 Å². The van der Waals surface area contributed by atoms with Crippen LogP contribution in [0.5, 0.6) is 11.5 Å². The zero-order chi connectivity index (χ0) is 25.6. The SMILES string of the molecule is NC(N)=NCCc1ccc(OCCC2Oc3ccccc3N(Cc3ccc4ccccc4c3)C2=O)cc1. The van der Waals surface area contributed by atoms with Gasteiger partial charge in [-0.3, -0.25) is 9.79 Å². The molecule has 0 radical (unpaired) electrons. The first-order valence-corrected chi connectivity index (χ1v) is 12.4. The van der Waals surface area contributed by atoms with Crippen molar-refractivity contribution in [3.05, 3.63) is 102 Å². The minimum Gasteiger partial charge on any atom is -0.493 e. The molecule has 4 aromatic rings. The predicted octanol–water partition coefficient (Wildman–Crippen LogP) is 4.42. The Hall–Kier alpha value is -4.52. The third kappa shape index (κ3) is 5.83. The summed E-state index contributed by atoms with van der Waals surface area (Å²) in [5, 5.41) is 2.33. The Morgan fingerprint density at radius 2 is 1.62 bits per heavy atom. The number of aliphatic imine (C=N–C) groups is 1. The molecule has 0 aliphatic carbocycles. The van der Waals surface area contributed by atoms with Gasteiger partial charge in [-0.25, -0.2) is 0 Å². The number of nitrogens with two attached hydrogens (primary N) is 2. The number of para-hydroxylation sites is 2. The van der Waals surface area contributed by atoms with Gasteiger partial charge in [0, 0.05) is 13.0 Å². The molecule has 5 rings (SSSR count). The molecule has 0 fully saturated rings. The topological polar surface area (TPSA) is 103 Å². The third-order valence-corrected chi connectivity index (χ3v) is 6.39. The Labute approximate surface area is 216 Å². The fourth-order valence-corrected chi connectivity index (χ4v) is 4.49. The highest BCUT2D eigenvalue weighted by atomic mass is 16.5. The summed E-state index contributed by atoms with van der Waals surface area (Å²) >= 11 is 0. The lowest BCUT2D eigenvalue weighted by atomic mass is 10.1. The van der Waals surface area contributed by atoms with Crippen LogP contribution in [0.2, 0.25) is 0 Å². The van der Waals surface area contributed by atoms with E-state index in [4.69, 9.17) is 20.9 Å². The maximum atomic E-state index is 13.5. The Morgan fingerprint density at radius 1 is 0.892 bits per heavy atom. The van der Waals surface area contributed by atoms with Gasteiger partial charge in [0.1, 0.15) is 11.5 Å². The molecule has 0 aromatic heterocycles. The summed E-state index contributed by atoms with van der Waals surface area (Å²) in [7, 11) is 0. The van der Waals surface area contributed by atoms with Crippen LogP contribution in [0.25, 0.3) is 10.8 Å². The van der Waals surface area contributed by atoms with Crippen molar-refractivity contribution in [3.63, 3.8) is 0 Å². The minimum atomic E-state index is -0.616. The van der Waals surface area contributed by atoms with Crippen LogP contribution in [-0.2, 0) is 17.8 Å². The first kappa shape index (κ1) is 24.2. The molecule has 0 saturated heterocycles. The first-order valence-electron chi connectivity index (χ1n) is 12.4. The van der Waals surface area contributed by atoms with Gasteiger partial charge in [0.2, 0.25) is 0 Å². The van der Waals surface area contributed by atoms with Crippen LogP contribution >= 0.6 is 0 Å². The zero-order valence-electron chi connectivity index (χ0n) is 20.5. The summed E-state index contributed by atoms with van der Waals surface area (Å²) in [6.07, 6.45) is 0.567. The van der Waals surface area contributed by atoms with Gasteiger partial charge in [-0.05, 0) is 58.7 Å². The average Bonchev–Trinajstić information content (AvgIpc) is 2.91. The Bertz CT molecular complexity index is 1410. The van der Waals surface area contributed by atoms with Crippen molar-refractivity contribution in [2.75, 3.05) is 18.1 Å². The highest BCUT2D eigenvalue weighted by Gasteiger charge is 2.34. The largest absolute Gasteiger partial charge is 0.493 e. The van der Waals surface area contributed by atoms with Crippen LogP contribution in [0.15, 0.2) is 96.0 Å². The number of hydrogen-bond donors (Lipinski definition) is 2. The van der Waals surface area contributed by atoms with Crippen LogP contribution in [0.4, 0.5) is 5.69 Å². The lowest BCUT2D eigenvalue weighted by Gasteiger charge is -2.34. The molecule has 7 nitrogen and oxygen atoms in total. The lowest BCUT2D eigenvalue weighted by Crippen LogP contribution is -2.46. The van der Waals surface area contributed by atoms with E-state index >= 15 is 0 Å². The summed E-state index contributed by atoms with van der Waals surface area (Å²) in [4.78, 5) is 19.3. The van der Waals surface area contributed by atoms with E-state index in [0.717, 1.165) is 34.4 Å². The molecule has 1 unspecified atom stereocenters. The van der Waals surface area contributed by atoms with Crippen LogP contribution < -0.4 is 25.8 Å². The number of nitrogens with zero attached hydrogens (tertiary/aromatic N) is 2. The molecule has 0 bridgehead atoms. The van der Waals surface area contributed by atoms with E-state index in [2.05, 4.69) is 35.3 Å². The summed E-state index contributed by atoms with van der Waals surface area (Å²) in [5.74, 6) is 1.48. The van der Waals surface area contributed by atoms with E-state index < -0.39 is 6.10 Å². The number of benzene rings is 4. The summed E-state index contributed by atoms with van der Waals surface area (Å²) in [6.45, 7) is 1.37. The van der Waals surface area contributed by atoms with Crippen LogP contribution in [-0.4, -0.2) is 31.1 Å². The van der Waals surface area contributed by atoms with Crippen LogP contribution in [0.3, 0.4) is 0 Å². The fourth-order valence-electron chi connectivity index (χ4n) is 4.49. The predicted molar refractivity (Wildman–Crippen MR) is 147 cm³/mol. The fraction of sp³-hybridized carbons (Fsp3) is 0.200. The minimum absolute atomic E-state index is 0.0643. The molecule has 1 amide bonds. The summed E-state index contributed by atoms with van der Waals surface area (Å²) < 4.78 is 12.0. The highest BCUT2D eigenvalue weighted by molar-refractivity contribution is 6.00.